The van der Waals surface area contributed by atoms with E-state index >= 15 is 0 Å². The molecule has 0 aromatic rings. The van der Waals surface area contributed by atoms with Crippen LogP contribution in [0.2, 0.25) is 0 Å². The summed E-state index contributed by atoms with van der Waals surface area (Å²) >= 11 is 0. The van der Waals surface area contributed by atoms with Gasteiger partial charge in [-0.2, -0.15) is 0 Å². The lowest BCUT2D eigenvalue weighted by molar-refractivity contribution is -0.521. The van der Waals surface area contributed by atoms with Crippen LogP contribution in [0.15, 0.2) is 11.6 Å². The molecule has 0 aromatic carbocycles. The third-order valence-electron chi connectivity index (χ3n) is 10.6. The van der Waals surface area contributed by atoms with E-state index in [0.29, 0.717) is 29.6 Å². The van der Waals surface area contributed by atoms with Crippen molar-refractivity contribution >= 4 is 0 Å². The molecule has 1 N–H and O–H groups in total. The monoisotopic (exact) mass is 431 g/mol. The zero-order chi connectivity index (χ0) is 22.6. The molecule has 4 heteroatoms. The van der Waals surface area contributed by atoms with Crippen LogP contribution in [-0.4, -0.2) is 22.2 Å². The van der Waals surface area contributed by atoms with Crippen LogP contribution >= 0.6 is 0 Å². The quantitative estimate of drug-likeness (QED) is 0.291. The molecule has 4 nitrogen and oxygen atoms in total. The lowest BCUT2D eigenvalue weighted by Gasteiger charge is -2.59. The van der Waals surface area contributed by atoms with Gasteiger partial charge in [0.05, 0.1) is 6.10 Å². The molecule has 0 saturated heterocycles. The predicted molar refractivity (Wildman–Crippen MR) is 125 cm³/mol. The number of hydrogen-bond donors (Lipinski definition) is 1. The summed E-state index contributed by atoms with van der Waals surface area (Å²) < 4.78 is 0. The Kier molecular flexibility index (Phi) is 6.35. The van der Waals surface area contributed by atoms with Crippen molar-refractivity contribution in [2.75, 3.05) is 0 Å². The molecule has 0 radical (unpaired) electrons. The van der Waals surface area contributed by atoms with Gasteiger partial charge in [-0.25, -0.2) is 0 Å². The summed E-state index contributed by atoms with van der Waals surface area (Å²) in [5, 5.41) is 22.4. The Morgan fingerprint density at radius 2 is 1.84 bits per heavy atom. The van der Waals surface area contributed by atoms with Gasteiger partial charge in [-0.1, -0.05) is 53.9 Å². The minimum Gasteiger partial charge on any atom is -0.389 e. The minimum atomic E-state index is -0.592. The number of nitro groups is 1. The largest absolute Gasteiger partial charge is 0.389 e. The molecule has 0 bridgehead atoms. The number of fused-ring (bicyclic) bond motifs is 5. The number of hydrogen-bond acceptors (Lipinski definition) is 3. The van der Waals surface area contributed by atoms with Crippen LogP contribution in [0.4, 0.5) is 0 Å². The van der Waals surface area contributed by atoms with Gasteiger partial charge in [-0.05, 0) is 90.9 Å². The highest BCUT2D eigenvalue weighted by Crippen LogP contribution is 2.68. The zero-order valence-electron chi connectivity index (χ0n) is 20.5. The minimum absolute atomic E-state index is 0.0364. The van der Waals surface area contributed by atoms with Crippen molar-refractivity contribution in [2.45, 2.75) is 111 Å². The summed E-state index contributed by atoms with van der Waals surface area (Å²) in [7, 11) is 0. The fourth-order valence-electron chi connectivity index (χ4n) is 8.98. The third kappa shape index (κ3) is 3.89. The van der Waals surface area contributed by atoms with E-state index in [9.17, 15) is 15.2 Å². The van der Waals surface area contributed by atoms with Crippen LogP contribution in [0, 0.1) is 56.5 Å². The maximum atomic E-state index is 12.1. The second-order valence-electron chi connectivity index (χ2n) is 12.6. The van der Waals surface area contributed by atoms with Crippen LogP contribution in [0.3, 0.4) is 0 Å². The summed E-state index contributed by atoms with van der Waals surface area (Å²) in [6, 6.07) is -0.592. The van der Waals surface area contributed by atoms with Crippen LogP contribution in [0.25, 0.3) is 0 Å². The average molecular weight is 432 g/mol. The first-order valence-corrected chi connectivity index (χ1v) is 13.1. The molecule has 0 aromatic heterocycles. The van der Waals surface area contributed by atoms with Crippen molar-refractivity contribution in [2.24, 2.45) is 46.3 Å². The molecule has 176 valence electrons. The van der Waals surface area contributed by atoms with E-state index in [1.54, 1.807) is 0 Å². The van der Waals surface area contributed by atoms with Crippen LogP contribution in [-0.2, 0) is 0 Å². The Morgan fingerprint density at radius 1 is 1.10 bits per heavy atom. The van der Waals surface area contributed by atoms with Gasteiger partial charge >= 0.3 is 0 Å². The molecule has 4 rings (SSSR count). The first-order chi connectivity index (χ1) is 14.6. The maximum absolute atomic E-state index is 12.1. The second kappa shape index (κ2) is 8.47. The van der Waals surface area contributed by atoms with Gasteiger partial charge in [0.25, 0.3) is 0 Å². The molecular weight excluding hydrogens is 386 g/mol. The van der Waals surface area contributed by atoms with Crippen molar-refractivity contribution in [1.29, 1.82) is 0 Å². The number of nitrogens with zero attached hydrogens (tertiary/aromatic N) is 1. The van der Waals surface area contributed by atoms with E-state index in [4.69, 9.17) is 0 Å². The van der Waals surface area contributed by atoms with Gasteiger partial charge < -0.3 is 5.11 Å². The molecule has 0 amide bonds. The maximum Gasteiger partial charge on any atom is 0.235 e. The highest BCUT2D eigenvalue weighted by Gasteiger charge is 2.62. The number of aliphatic hydroxyl groups is 1. The van der Waals surface area contributed by atoms with E-state index in [1.165, 1.54) is 44.9 Å². The van der Waals surface area contributed by atoms with E-state index in [0.717, 1.165) is 36.2 Å². The lowest BCUT2D eigenvalue weighted by atomic mass is 9.45. The molecule has 0 heterocycles. The van der Waals surface area contributed by atoms with Gasteiger partial charge in [-0.3, -0.25) is 10.1 Å². The van der Waals surface area contributed by atoms with Gasteiger partial charge in [0.15, 0.2) is 0 Å². The predicted octanol–water partition coefficient (Wildman–Crippen LogP) is 6.64. The topological polar surface area (TPSA) is 63.4 Å². The summed E-state index contributed by atoms with van der Waals surface area (Å²) in [5.41, 5.74) is 1.21. The second-order valence-corrected chi connectivity index (χ2v) is 12.6. The fourth-order valence-corrected chi connectivity index (χ4v) is 8.98. The zero-order valence-corrected chi connectivity index (χ0v) is 20.5. The first kappa shape index (κ1) is 23.3. The standard InChI is InChI=1S/C27H45NO3/c1-17(2)7-6-8-18(3)21-9-10-22-20-16-25(28(30)31)24-15-19(29)11-13-27(24,5)23(20)12-14-26(21,22)4/h15,17-23,25,29H,6-14,16H2,1-5H3/t18-,19-,20+,21-,22+,23+,25-,26-,27-/m1/s1. The van der Waals surface area contributed by atoms with E-state index in [2.05, 4.69) is 34.6 Å². The molecule has 4 aliphatic carbocycles. The lowest BCUT2D eigenvalue weighted by Crippen LogP contribution is -2.55. The van der Waals surface area contributed by atoms with Crippen LogP contribution in [0.1, 0.15) is 98.8 Å². The average Bonchev–Trinajstić information content (AvgIpc) is 3.05. The Balaban J connectivity index is 1.57. The van der Waals surface area contributed by atoms with Crippen molar-refractivity contribution in [3.05, 3.63) is 21.8 Å². The SMILES string of the molecule is CC(C)CCC[C@@H](C)[C@H]1CC[C@H]2[C@@H]3C[C@@H]([N+](=O)[O-])C4=C[C@H](O)CC[C@]4(C)[C@H]3CC[C@]12C. The molecule has 0 unspecified atom stereocenters. The highest BCUT2D eigenvalue weighted by molar-refractivity contribution is 5.29. The van der Waals surface area contributed by atoms with E-state index in [-0.39, 0.29) is 10.3 Å². The highest BCUT2D eigenvalue weighted by atomic mass is 16.6. The Labute approximate surface area is 189 Å². The van der Waals surface area contributed by atoms with Crippen molar-refractivity contribution in [3.63, 3.8) is 0 Å². The Morgan fingerprint density at radius 3 is 2.52 bits per heavy atom. The number of aliphatic hydroxyl groups excluding tert-OH is 1. The molecule has 3 saturated carbocycles. The fraction of sp³-hybridized carbons (Fsp3) is 0.926. The normalized spacial score (nSPS) is 45.5. The molecule has 0 spiro atoms. The van der Waals surface area contributed by atoms with Gasteiger partial charge in [0.1, 0.15) is 0 Å². The van der Waals surface area contributed by atoms with Crippen molar-refractivity contribution < 1.29 is 10.0 Å². The molecule has 31 heavy (non-hydrogen) atoms. The molecule has 4 aliphatic rings. The Bertz CT molecular complexity index is 717. The third-order valence-corrected chi connectivity index (χ3v) is 10.6. The number of rotatable bonds is 6. The molecule has 3 fully saturated rings. The summed E-state index contributed by atoms with van der Waals surface area (Å²) in [6.07, 6.45) is 12.8. The summed E-state index contributed by atoms with van der Waals surface area (Å²) in [6.45, 7) is 12.0. The molecule has 0 aliphatic heterocycles. The summed E-state index contributed by atoms with van der Waals surface area (Å²) in [4.78, 5) is 12.1. The summed E-state index contributed by atoms with van der Waals surface area (Å²) in [5.74, 6) is 3.98. The first-order valence-electron chi connectivity index (χ1n) is 13.1. The Hall–Kier alpha value is -0.900. The van der Waals surface area contributed by atoms with Gasteiger partial charge in [0, 0.05) is 16.9 Å². The molecular formula is C27H45NO3. The smallest absolute Gasteiger partial charge is 0.235 e. The van der Waals surface area contributed by atoms with Gasteiger partial charge in [0.2, 0.25) is 6.04 Å². The van der Waals surface area contributed by atoms with Gasteiger partial charge in [-0.15, -0.1) is 0 Å². The van der Waals surface area contributed by atoms with E-state index < -0.39 is 12.1 Å². The van der Waals surface area contributed by atoms with Crippen molar-refractivity contribution in [3.8, 4) is 0 Å². The van der Waals surface area contributed by atoms with E-state index in [1.807, 2.05) is 6.08 Å². The van der Waals surface area contributed by atoms with Crippen LogP contribution < -0.4 is 0 Å². The van der Waals surface area contributed by atoms with Crippen molar-refractivity contribution in [1.82, 2.24) is 0 Å². The van der Waals surface area contributed by atoms with Crippen LogP contribution in [0.5, 0.6) is 0 Å². The molecule has 9 atom stereocenters.